The van der Waals surface area contributed by atoms with Gasteiger partial charge in [0.2, 0.25) is 15.9 Å². The first-order valence-corrected chi connectivity index (χ1v) is 14.9. The molecule has 1 aliphatic heterocycles. The maximum atomic E-state index is 13.7. The number of carbonyl (C=O) groups is 1. The minimum atomic E-state index is -3.92. The summed E-state index contributed by atoms with van der Waals surface area (Å²) in [6, 6.07) is 13.3. The molecule has 6 nitrogen and oxygen atoms in total. The van der Waals surface area contributed by atoms with Crippen molar-refractivity contribution in [3.8, 4) is 5.75 Å². The van der Waals surface area contributed by atoms with E-state index in [0.29, 0.717) is 23.7 Å². The van der Waals surface area contributed by atoms with Gasteiger partial charge in [0.1, 0.15) is 18.2 Å². The minimum Gasteiger partial charge on any atom is -0.491 e. The number of amides is 1. The van der Waals surface area contributed by atoms with Crippen LogP contribution in [0.5, 0.6) is 5.75 Å². The summed E-state index contributed by atoms with van der Waals surface area (Å²) >= 11 is 7.60. The number of fused-ring (bicyclic) bond motifs is 1. The van der Waals surface area contributed by atoms with E-state index >= 15 is 0 Å². The molecule has 198 valence electrons. The molecule has 2 heterocycles. The van der Waals surface area contributed by atoms with Gasteiger partial charge in [0.05, 0.1) is 17.5 Å². The Kier molecular flexibility index (Phi) is 8.90. The molecule has 0 bridgehead atoms. The van der Waals surface area contributed by atoms with E-state index in [9.17, 15) is 17.6 Å². The number of ether oxygens (including phenoxy) is 1. The highest BCUT2D eigenvalue weighted by Gasteiger charge is 2.35. The lowest BCUT2D eigenvalue weighted by molar-refractivity contribution is -0.135. The molecule has 0 N–H and O–H groups in total. The summed E-state index contributed by atoms with van der Waals surface area (Å²) in [5.41, 5.74) is 1.00. The van der Waals surface area contributed by atoms with Gasteiger partial charge in [-0.25, -0.2) is 12.8 Å². The van der Waals surface area contributed by atoms with Gasteiger partial charge in [-0.3, -0.25) is 4.79 Å². The van der Waals surface area contributed by atoms with E-state index in [4.69, 9.17) is 16.3 Å². The SMILES string of the molecule is CC[C@H](C)CN(CC(=O)N1CCc2sccc2[C@H]1COc1ccc(F)cc1)S(=O)(=O)c1ccc(Cl)cc1. The Morgan fingerprint density at radius 2 is 1.89 bits per heavy atom. The molecule has 1 amide bonds. The van der Waals surface area contributed by atoms with Gasteiger partial charge in [-0.15, -0.1) is 11.3 Å². The van der Waals surface area contributed by atoms with E-state index in [2.05, 4.69) is 0 Å². The van der Waals surface area contributed by atoms with Crippen LogP contribution in [0.25, 0.3) is 0 Å². The Morgan fingerprint density at radius 3 is 2.57 bits per heavy atom. The first kappa shape index (κ1) is 27.6. The van der Waals surface area contributed by atoms with Gasteiger partial charge in [0, 0.05) is 23.0 Å². The van der Waals surface area contributed by atoms with Gasteiger partial charge in [-0.1, -0.05) is 31.9 Å². The van der Waals surface area contributed by atoms with Crippen LogP contribution >= 0.6 is 22.9 Å². The number of thiophene rings is 1. The normalized spacial score (nSPS) is 16.5. The Labute approximate surface area is 226 Å². The van der Waals surface area contributed by atoms with Crippen LogP contribution < -0.4 is 4.74 Å². The molecule has 0 saturated carbocycles. The zero-order chi connectivity index (χ0) is 26.6. The maximum Gasteiger partial charge on any atom is 0.243 e. The largest absolute Gasteiger partial charge is 0.491 e. The van der Waals surface area contributed by atoms with Crippen LogP contribution in [-0.2, 0) is 21.2 Å². The van der Waals surface area contributed by atoms with Crippen molar-refractivity contribution in [3.63, 3.8) is 0 Å². The standard InChI is InChI=1S/C27H30ClFN2O4S2/c1-3-19(2)16-30(37(33,34)23-10-4-20(28)5-11-23)17-27(32)31-14-12-26-24(13-15-36-26)25(31)18-35-22-8-6-21(29)7-9-22/h4-11,13,15,19,25H,3,12,14,16-18H2,1-2H3/t19-,25+/m0/s1. The molecule has 37 heavy (non-hydrogen) atoms. The van der Waals surface area contributed by atoms with Crippen LogP contribution in [0.15, 0.2) is 64.9 Å². The Morgan fingerprint density at radius 1 is 1.19 bits per heavy atom. The topological polar surface area (TPSA) is 66.9 Å². The highest BCUT2D eigenvalue weighted by Crippen LogP contribution is 2.34. The lowest BCUT2D eigenvalue weighted by Gasteiger charge is -2.37. The summed E-state index contributed by atoms with van der Waals surface area (Å²) in [4.78, 5) is 16.7. The summed E-state index contributed by atoms with van der Waals surface area (Å²) in [5.74, 6) is -0.0761. The highest BCUT2D eigenvalue weighted by molar-refractivity contribution is 7.89. The molecule has 2 aromatic carbocycles. The first-order valence-electron chi connectivity index (χ1n) is 12.2. The third-order valence-electron chi connectivity index (χ3n) is 6.61. The predicted molar refractivity (Wildman–Crippen MR) is 144 cm³/mol. The molecule has 0 radical (unpaired) electrons. The fraction of sp³-hybridized carbons (Fsp3) is 0.370. The summed E-state index contributed by atoms with van der Waals surface area (Å²) in [6.07, 6.45) is 1.47. The zero-order valence-electron chi connectivity index (χ0n) is 20.8. The van der Waals surface area contributed by atoms with E-state index in [-0.39, 0.29) is 48.3 Å². The summed E-state index contributed by atoms with van der Waals surface area (Å²) in [7, 11) is -3.92. The molecule has 2 atom stereocenters. The third kappa shape index (κ3) is 6.52. The quantitative estimate of drug-likeness (QED) is 0.313. The predicted octanol–water partition coefficient (Wildman–Crippen LogP) is 5.78. The van der Waals surface area contributed by atoms with E-state index in [1.807, 2.05) is 25.3 Å². The zero-order valence-corrected chi connectivity index (χ0v) is 23.2. The minimum absolute atomic E-state index is 0.0670. The summed E-state index contributed by atoms with van der Waals surface area (Å²) in [6.45, 7) is 4.54. The lowest BCUT2D eigenvalue weighted by atomic mass is 10.0. The number of rotatable bonds is 10. The number of benzene rings is 2. The number of hydrogen-bond donors (Lipinski definition) is 0. The number of nitrogens with zero attached hydrogens (tertiary/aromatic N) is 2. The van der Waals surface area contributed by atoms with Crippen LogP contribution in [-0.4, -0.2) is 49.8 Å². The van der Waals surface area contributed by atoms with Crippen LogP contribution in [0.3, 0.4) is 0 Å². The molecule has 0 unspecified atom stereocenters. The Bertz CT molecular complexity index is 1310. The van der Waals surface area contributed by atoms with Crippen LogP contribution in [0, 0.1) is 11.7 Å². The van der Waals surface area contributed by atoms with Gasteiger partial charge in [-0.05, 0) is 77.9 Å². The number of halogens is 2. The molecule has 0 spiro atoms. The molecule has 0 aliphatic carbocycles. The monoisotopic (exact) mass is 564 g/mol. The van der Waals surface area contributed by atoms with E-state index in [1.54, 1.807) is 28.4 Å². The van der Waals surface area contributed by atoms with E-state index in [1.165, 1.54) is 45.6 Å². The average molecular weight is 565 g/mol. The molecule has 1 aromatic heterocycles. The third-order valence-corrected chi connectivity index (χ3v) is 9.69. The molecule has 0 fully saturated rings. The van der Waals surface area contributed by atoms with Crippen molar-refractivity contribution >= 4 is 38.9 Å². The Hall–Kier alpha value is -2.46. The molecule has 3 aromatic rings. The number of hydrogen-bond acceptors (Lipinski definition) is 5. The van der Waals surface area contributed by atoms with E-state index in [0.717, 1.165) is 12.0 Å². The second-order valence-corrected chi connectivity index (χ2v) is 12.6. The van der Waals surface area contributed by atoms with Gasteiger partial charge < -0.3 is 9.64 Å². The van der Waals surface area contributed by atoms with Gasteiger partial charge in [0.15, 0.2) is 0 Å². The van der Waals surface area contributed by atoms with Crippen molar-refractivity contribution in [2.75, 3.05) is 26.2 Å². The smallest absolute Gasteiger partial charge is 0.243 e. The van der Waals surface area contributed by atoms with Crippen molar-refractivity contribution in [2.45, 2.75) is 37.6 Å². The second kappa shape index (κ2) is 11.9. The number of sulfonamides is 1. The fourth-order valence-electron chi connectivity index (χ4n) is 4.30. The van der Waals surface area contributed by atoms with Gasteiger partial charge in [0.25, 0.3) is 0 Å². The summed E-state index contributed by atoms with van der Waals surface area (Å²) < 4.78 is 47.6. The van der Waals surface area contributed by atoms with Crippen LogP contribution in [0.2, 0.25) is 5.02 Å². The number of carbonyl (C=O) groups excluding carboxylic acids is 1. The summed E-state index contributed by atoms with van der Waals surface area (Å²) in [5, 5.41) is 2.43. The van der Waals surface area contributed by atoms with E-state index < -0.39 is 10.0 Å². The molecular weight excluding hydrogens is 535 g/mol. The molecule has 4 rings (SSSR count). The van der Waals surface area contributed by atoms with Crippen LogP contribution in [0.4, 0.5) is 4.39 Å². The van der Waals surface area contributed by atoms with Crippen molar-refractivity contribution in [1.29, 1.82) is 0 Å². The van der Waals surface area contributed by atoms with Gasteiger partial charge >= 0.3 is 0 Å². The first-order chi connectivity index (χ1) is 17.7. The second-order valence-electron chi connectivity index (χ2n) is 9.18. The molecule has 0 saturated heterocycles. The van der Waals surface area contributed by atoms with Crippen molar-refractivity contribution in [2.24, 2.45) is 5.92 Å². The molecular formula is C27H30ClFN2O4S2. The van der Waals surface area contributed by atoms with Crippen molar-refractivity contribution in [3.05, 3.63) is 81.3 Å². The molecule has 1 aliphatic rings. The fourth-order valence-corrected chi connectivity index (χ4v) is 6.87. The highest BCUT2D eigenvalue weighted by atomic mass is 35.5. The van der Waals surface area contributed by atoms with Crippen molar-refractivity contribution < 1.29 is 22.3 Å². The average Bonchev–Trinajstić information content (AvgIpc) is 3.37. The Balaban J connectivity index is 1.58. The molecule has 10 heteroatoms. The van der Waals surface area contributed by atoms with Gasteiger partial charge in [-0.2, -0.15) is 4.31 Å². The van der Waals surface area contributed by atoms with Crippen LogP contribution in [0.1, 0.15) is 36.8 Å². The van der Waals surface area contributed by atoms with Crippen molar-refractivity contribution in [1.82, 2.24) is 9.21 Å². The maximum absolute atomic E-state index is 13.7. The lowest BCUT2D eigenvalue weighted by Crippen LogP contribution is -2.48.